The summed E-state index contributed by atoms with van der Waals surface area (Å²) in [5.41, 5.74) is 0.143. The van der Waals surface area contributed by atoms with E-state index in [2.05, 4.69) is 9.72 Å². The van der Waals surface area contributed by atoms with Crippen LogP contribution in [0.15, 0.2) is 36.5 Å². The third kappa shape index (κ3) is 3.55. The second-order valence-corrected chi connectivity index (χ2v) is 6.64. The first-order chi connectivity index (χ1) is 12.4. The molecule has 7 heteroatoms. The zero-order valence-electron chi connectivity index (χ0n) is 14.4. The molecule has 5 nitrogen and oxygen atoms in total. The molecule has 1 heterocycles. The molecule has 0 bridgehead atoms. The summed E-state index contributed by atoms with van der Waals surface area (Å²) < 4.78 is 19.7. The van der Waals surface area contributed by atoms with Crippen LogP contribution >= 0.6 is 11.6 Å². The van der Waals surface area contributed by atoms with Crippen molar-refractivity contribution in [1.29, 1.82) is 0 Å². The normalized spacial score (nSPS) is 14.6. The van der Waals surface area contributed by atoms with Crippen LogP contribution in [0.5, 0.6) is 0 Å². The van der Waals surface area contributed by atoms with E-state index in [9.17, 15) is 9.59 Å². The fourth-order valence-corrected chi connectivity index (χ4v) is 3.13. The van der Waals surface area contributed by atoms with Crippen molar-refractivity contribution in [1.82, 2.24) is 4.98 Å². The minimum Gasteiger partial charge on any atom is -0.465 e. The molecule has 136 valence electrons. The van der Waals surface area contributed by atoms with Crippen LogP contribution in [-0.4, -0.2) is 30.0 Å². The molecule has 0 radical (unpaired) electrons. The molecule has 0 saturated heterocycles. The van der Waals surface area contributed by atoms with E-state index in [4.69, 9.17) is 11.6 Å². The lowest BCUT2D eigenvalue weighted by Gasteiger charge is -2.30. The number of hydrogen-bond donors (Lipinski definition) is 0. The first kappa shape index (κ1) is 18.3. The molecule has 3 rings (SSSR count). The third-order valence-electron chi connectivity index (χ3n) is 4.55. The standard InChI is InChI=1S/C19H18ClFN2O3/c1-11(12-6-7-12)23(18(24)13-8-9-22-16(20)10-13)15-5-3-4-14(17(15)21)19(25)26-2/h3-5,8-12H,6-7H2,1-2H3. The van der Waals surface area contributed by atoms with Crippen molar-refractivity contribution in [2.75, 3.05) is 12.0 Å². The number of halogens is 2. The molecule has 1 aliphatic rings. The van der Waals surface area contributed by atoms with E-state index in [1.165, 1.54) is 48.5 Å². The highest BCUT2D eigenvalue weighted by atomic mass is 35.5. The largest absolute Gasteiger partial charge is 0.465 e. The number of carbonyl (C=O) groups is 2. The summed E-state index contributed by atoms with van der Waals surface area (Å²) in [4.78, 5) is 30.2. The molecular weight excluding hydrogens is 359 g/mol. The number of ether oxygens (including phenoxy) is 1. The molecule has 1 saturated carbocycles. The Kier molecular flexibility index (Phi) is 5.23. The number of esters is 1. The van der Waals surface area contributed by atoms with Crippen molar-refractivity contribution < 1.29 is 18.7 Å². The first-order valence-corrected chi connectivity index (χ1v) is 8.63. The first-order valence-electron chi connectivity index (χ1n) is 8.26. The zero-order valence-corrected chi connectivity index (χ0v) is 15.2. The van der Waals surface area contributed by atoms with Crippen LogP contribution < -0.4 is 4.90 Å². The van der Waals surface area contributed by atoms with Crippen LogP contribution in [-0.2, 0) is 4.74 Å². The van der Waals surface area contributed by atoms with Gasteiger partial charge < -0.3 is 9.64 Å². The Balaban J connectivity index is 2.08. The fraction of sp³-hybridized carbons (Fsp3) is 0.316. The van der Waals surface area contributed by atoms with Gasteiger partial charge in [0.25, 0.3) is 5.91 Å². The Labute approximate surface area is 155 Å². The topological polar surface area (TPSA) is 59.5 Å². The molecule has 1 unspecified atom stereocenters. The summed E-state index contributed by atoms with van der Waals surface area (Å²) in [6.07, 6.45) is 3.37. The number of anilines is 1. The minimum absolute atomic E-state index is 0.0465. The third-order valence-corrected chi connectivity index (χ3v) is 4.75. The summed E-state index contributed by atoms with van der Waals surface area (Å²) in [5, 5.41) is 0.179. The van der Waals surface area contributed by atoms with E-state index < -0.39 is 17.7 Å². The van der Waals surface area contributed by atoms with E-state index in [0.717, 1.165) is 12.8 Å². The molecule has 0 N–H and O–H groups in total. The molecule has 26 heavy (non-hydrogen) atoms. The maximum atomic E-state index is 15.0. The van der Waals surface area contributed by atoms with Crippen molar-refractivity contribution >= 4 is 29.2 Å². The number of amides is 1. The average Bonchev–Trinajstić information content (AvgIpc) is 3.47. The highest BCUT2D eigenvalue weighted by Crippen LogP contribution is 2.38. The quantitative estimate of drug-likeness (QED) is 0.582. The Bertz CT molecular complexity index is 854. The second kappa shape index (κ2) is 7.41. The molecular formula is C19H18ClFN2O3. The van der Waals surface area contributed by atoms with Gasteiger partial charge in [0.1, 0.15) is 5.15 Å². The number of benzene rings is 1. The average molecular weight is 377 g/mol. The van der Waals surface area contributed by atoms with Crippen molar-refractivity contribution in [3.05, 3.63) is 58.6 Å². The van der Waals surface area contributed by atoms with Crippen molar-refractivity contribution in [3.8, 4) is 0 Å². The van der Waals surface area contributed by atoms with Gasteiger partial charge in [-0.15, -0.1) is 0 Å². The Morgan fingerprint density at radius 1 is 1.35 bits per heavy atom. The van der Waals surface area contributed by atoms with Crippen molar-refractivity contribution in [3.63, 3.8) is 0 Å². The second-order valence-electron chi connectivity index (χ2n) is 6.25. The van der Waals surface area contributed by atoms with Gasteiger partial charge in [0.05, 0.1) is 18.4 Å². The SMILES string of the molecule is COC(=O)c1cccc(N(C(=O)c2ccnc(Cl)c2)C(C)C2CC2)c1F. The maximum Gasteiger partial charge on any atom is 0.340 e. The number of pyridine rings is 1. The number of rotatable bonds is 5. The molecule has 0 spiro atoms. The minimum atomic E-state index is -0.789. The predicted octanol–water partition coefficient (Wildman–Crippen LogP) is 4.11. The van der Waals surface area contributed by atoms with Gasteiger partial charge in [-0.1, -0.05) is 17.7 Å². The van der Waals surface area contributed by atoms with Crippen molar-refractivity contribution in [2.45, 2.75) is 25.8 Å². The fourth-order valence-electron chi connectivity index (χ4n) is 2.95. The lowest BCUT2D eigenvalue weighted by atomic mass is 10.1. The van der Waals surface area contributed by atoms with Gasteiger partial charge in [0.15, 0.2) is 5.82 Å². The molecule has 1 aromatic heterocycles. The van der Waals surface area contributed by atoms with Gasteiger partial charge in [-0.25, -0.2) is 14.2 Å². The molecule has 2 aromatic rings. The van der Waals surface area contributed by atoms with E-state index in [1.807, 2.05) is 6.92 Å². The van der Waals surface area contributed by atoms with Gasteiger partial charge in [-0.05, 0) is 49.9 Å². The van der Waals surface area contributed by atoms with Gasteiger partial charge >= 0.3 is 5.97 Å². The number of carbonyl (C=O) groups excluding carboxylic acids is 2. The number of nitrogens with zero attached hydrogens (tertiary/aromatic N) is 2. The monoisotopic (exact) mass is 376 g/mol. The Hall–Kier alpha value is -2.47. The molecule has 1 amide bonds. The van der Waals surface area contributed by atoms with Crippen LogP contribution in [0, 0.1) is 11.7 Å². The predicted molar refractivity (Wildman–Crippen MR) is 96.0 cm³/mol. The summed E-state index contributed by atoms with van der Waals surface area (Å²) in [6.45, 7) is 1.88. The molecule has 1 aromatic carbocycles. The zero-order chi connectivity index (χ0) is 18.8. The van der Waals surface area contributed by atoms with Crippen LogP contribution in [0.4, 0.5) is 10.1 Å². The van der Waals surface area contributed by atoms with Gasteiger partial charge in [-0.3, -0.25) is 4.79 Å². The number of aromatic nitrogens is 1. The molecule has 1 fully saturated rings. The highest BCUT2D eigenvalue weighted by Gasteiger charge is 2.37. The maximum absolute atomic E-state index is 15.0. The summed E-state index contributed by atoms with van der Waals surface area (Å²) in [5.74, 6) is -1.67. The smallest absolute Gasteiger partial charge is 0.340 e. The lowest BCUT2D eigenvalue weighted by Crippen LogP contribution is -2.41. The summed E-state index contributed by atoms with van der Waals surface area (Å²) >= 11 is 5.89. The van der Waals surface area contributed by atoms with Crippen molar-refractivity contribution in [2.24, 2.45) is 5.92 Å². The Morgan fingerprint density at radius 3 is 2.69 bits per heavy atom. The lowest BCUT2D eigenvalue weighted by molar-refractivity contribution is 0.0595. The van der Waals surface area contributed by atoms with E-state index >= 15 is 4.39 Å². The van der Waals surface area contributed by atoms with Crippen LogP contribution in [0.2, 0.25) is 5.15 Å². The van der Waals surface area contributed by atoms with Crippen LogP contribution in [0.25, 0.3) is 0 Å². The summed E-state index contributed by atoms with van der Waals surface area (Å²) in [7, 11) is 1.18. The van der Waals surface area contributed by atoms with E-state index in [1.54, 1.807) is 0 Å². The highest BCUT2D eigenvalue weighted by molar-refractivity contribution is 6.29. The Morgan fingerprint density at radius 2 is 2.08 bits per heavy atom. The summed E-state index contributed by atoms with van der Waals surface area (Å²) in [6, 6.07) is 7.10. The van der Waals surface area contributed by atoms with E-state index in [-0.39, 0.29) is 28.4 Å². The number of hydrogen-bond acceptors (Lipinski definition) is 4. The van der Waals surface area contributed by atoms with Gasteiger partial charge in [0, 0.05) is 17.8 Å². The van der Waals surface area contributed by atoms with Crippen LogP contribution in [0.3, 0.4) is 0 Å². The molecule has 1 atom stereocenters. The van der Waals surface area contributed by atoms with E-state index in [0.29, 0.717) is 5.56 Å². The number of methoxy groups -OCH3 is 1. The van der Waals surface area contributed by atoms with Gasteiger partial charge in [-0.2, -0.15) is 0 Å². The molecule has 1 aliphatic carbocycles. The van der Waals surface area contributed by atoms with Crippen LogP contribution in [0.1, 0.15) is 40.5 Å². The molecule has 0 aliphatic heterocycles. The van der Waals surface area contributed by atoms with Gasteiger partial charge in [0.2, 0.25) is 0 Å².